The highest BCUT2D eigenvalue weighted by Crippen LogP contribution is 2.25. The lowest BCUT2D eigenvalue weighted by Crippen LogP contribution is -2.61. The Labute approximate surface area is 133 Å². The Morgan fingerprint density at radius 3 is 2.04 bits per heavy atom. The molecule has 10 heteroatoms. The van der Waals surface area contributed by atoms with Gasteiger partial charge >= 0.3 is 0 Å². The molecular formula is C13H26O10. The first kappa shape index (κ1) is 20.6. The van der Waals surface area contributed by atoms with Crippen LogP contribution in [0.1, 0.15) is 13.3 Å². The summed E-state index contributed by atoms with van der Waals surface area (Å²) in [5.74, 6) is 0. The second kappa shape index (κ2) is 9.18. The minimum absolute atomic E-state index is 0.133. The van der Waals surface area contributed by atoms with E-state index >= 15 is 0 Å². The van der Waals surface area contributed by atoms with Gasteiger partial charge in [0.05, 0.1) is 19.3 Å². The van der Waals surface area contributed by atoms with Crippen molar-refractivity contribution < 1.29 is 50.3 Å². The summed E-state index contributed by atoms with van der Waals surface area (Å²) < 4.78 is 10.3. The van der Waals surface area contributed by atoms with Crippen molar-refractivity contribution in [1.82, 2.24) is 0 Å². The van der Waals surface area contributed by atoms with E-state index in [0.717, 1.165) is 0 Å². The molecular weight excluding hydrogens is 316 g/mol. The maximum atomic E-state index is 9.99. The SMILES string of the molecule is CCC(O)C(O)C(O[C@@H]1OC(CO)[C@@H](O)[C@H](O)C1O)C(O)CO. The van der Waals surface area contributed by atoms with Crippen molar-refractivity contribution in [3.05, 3.63) is 0 Å². The number of aliphatic hydroxyl groups excluding tert-OH is 8. The lowest BCUT2D eigenvalue weighted by Gasteiger charge is -2.42. The van der Waals surface area contributed by atoms with Crippen LogP contribution in [0.5, 0.6) is 0 Å². The van der Waals surface area contributed by atoms with Gasteiger partial charge in [-0.15, -0.1) is 0 Å². The summed E-state index contributed by atoms with van der Waals surface area (Å²) in [7, 11) is 0. The number of hydrogen-bond acceptors (Lipinski definition) is 10. The Bertz CT molecular complexity index is 341. The van der Waals surface area contributed by atoms with Crippen LogP contribution in [0.2, 0.25) is 0 Å². The van der Waals surface area contributed by atoms with Crippen LogP contribution in [0.4, 0.5) is 0 Å². The van der Waals surface area contributed by atoms with Gasteiger partial charge in [-0.2, -0.15) is 0 Å². The molecule has 10 nitrogen and oxygen atoms in total. The summed E-state index contributed by atoms with van der Waals surface area (Å²) >= 11 is 0. The molecule has 1 aliphatic heterocycles. The summed E-state index contributed by atoms with van der Waals surface area (Å²) in [6, 6.07) is 0. The molecule has 1 heterocycles. The molecule has 1 saturated heterocycles. The Balaban J connectivity index is 2.89. The van der Waals surface area contributed by atoms with E-state index in [2.05, 4.69) is 0 Å². The third-order valence-corrected chi connectivity index (χ3v) is 3.86. The van der Waals surface area contributed by atoms with Crippen LogP contribution in [-0.4, -0.2) is 109 Å². The van der Waals surface area contributed by atoms with Gasteiger partial charge in [0.25, 0.3) is 0 Å². The van der Waals surface area contributed by atoms with E-state index in [4.69, 9.17) is 19.7 Å². The lowest BCUT2D eigenvalue weighted by molar-refractivity contribution is -0.327. The molecule has 0 aromatic rings. The standard InChI is InChI=1S/C13H26O10/c1-2-5(16)8(18)12(6(17)3-14)23-13-11(21)10(20)9(19)7(4-15)22-13/h5-21H,2-4H2,1H3/t5?,6?,7?,8?,9-,10+,11?,12?,13+/m1/s1. The summed E-state index contributed by atoms with van der Waals surface area (Å²) in [5.41, 5.74) is 0. The molecule has 9 atom stereocenters. The first-order valence-electron chi connectivity index (χ1n) is 7.39. The van der Waals surface area contributed by atoms with Crippen LogP contribution < -0.4 is 0 Å². The van der Waals surface area contributed by atoms with Gasteiger partial charge in [-0.05, 0) is 6.42 Å². The first-order valence-corrected chi connectivity index (χ1v) is 7.39. The maximum absolute atomic E-state index is 9.99. The topological polar surface area (TPSA) is 180 Å². The zero-order valence-corrected chi connectivity index (χ0v) is 12.7. The minimum Gasteiger partial charge on any atom is -0.394 e. The predicted octanol–water partition coefficient (Wildman–Crippen LogP) is -4.34. The molecule has 8 N–H and O–H groups in total. The molecule has 1 rings (SSSR count). The summed E-state index contributed by atoms with van der Waals surface area (Å²) in [6.07, 6.45) is -13.7. The van der Waals surface area contributed by atoms with Crippen LogP contribution in [0.25, 0.3) is 0 Å². The molecule has 0 spiro atoms. The smallest absolute Gasteiger partial charge is 0.187 e. The molecule has 0 aliphatic carbocycles. The third-order valence-electron chi connectivity index (χ3n) is 3.86. The zero-order valence-electron chi connectivity index (χ0n) is 12.7. The Morgan fingerprint density at radius 2 is 1.57 bits per heavy atom. The molecule has 0 radical (unpaired) electrons. The van der Waals surface area contributed by atoms with Crippen LogP contribution in [0.15, 0.2) is 0 Å². The highest BCUT2D eigenvalue weighted by atomic mass is 16.7. The molecule has 0 amide bonds. The minimum atomic E-state index is -1.73. The van der Waals surface area contributed by atoms with Crippen LogP contribution in [0, 0.1) is 0 Å². The van der Waals surface area contributed by atoms with E-state index in [0.29, 0.717) is 0 Å². The lowest BCUT2D eigenvalue weighted by atomic mass is 9.98. The van der Waals surface area contributed by atoms with Crippen molar-refractivity contribution in [2.24, 2.45) is 0 Å². The largest absolute Gasteiger partial charge is 0.394 e. The average Bonchev–Trinajstić information content (AvgIpc) is 2.57. The second-order valence-electron chi connectivity index (χ2n) is 5.51. The Kier molecular flexibility index (Phi) is 8.24. The fraction of sp³-hybridized carbons (Fsp3) is 1.00. The molecule has 138 valence electrons. The van der Waals surface area contributed by atoms with Gasteiger partial charge in [0, 0.05) is 0 Å². The highest BCUT2D eigenvalue weighted by molar-refractivity contribution is 4.91. The van der Waals surface area contributed by atoms with E-state index in [9.17, 15) is 30.6 Å². The molecule has 0 aromatic heterocycles. The number of aliphatic hydroxyl groups is 8. The molecule has 0 aromatic carbocycles. The van der Waals surface area contributed by atoms with E-state index in [-0.39, 0.29) is 6.42 Å². The van der Waals surface area contributed by atoms with Gasteiger partial charge in [0.2, 0.25) is 0 Å². The van der Waals surface area contributed by atoms with Crippen molar-refractivity contribution in [3.8, 4) is 0 Å². The van der Waals surface area contributed by atoms with Crippen molar-refractivity contribution in [1.29, 1.82) is 0 Å². The van der Waals surface area contributed by atoms with Crippen molar-refractivity contribution in [2.45, 2.75) is 68.5 Å². The molecule has 0 bridgehead atoms. The monoisotopic (exact) mass is 342 g/mol. The van der Waals surface area contributed by atoms with Gasteiger partial charge in [-0.1, -0.05) is 6.92 Å². The fourth-order valence-corrected chi connectivity index (χ4v) is 2.30. The summed E-state index contributed by atoms with van der Waals surface area (Å²) in [4.78, 5) is 0. The first-order chi connectivity index (χ1) is 10.8. The maximum Gasteiger partial charge on any atom is 0.187 e. The molecule has 0 saturated carbocycles. The summed E-state index contributed by atoms with van der Waals surface area (Å²) in [6.45, 7) is 0.109. The van der Waals surface area contributed by atoms with Crippen LogP contribution in [0.3, 0.4) is 0 Å². The molecule has 1 fully saturated rings. The summed E-state index contributed by atoms with van der Waals surface area (Å²) in [5, 5.41) is 76.8. The molecule has 23 heavy (non-hydrogen) atoms. The van der Waals surface area contributed by atoms with E-state index in [1.54, 1.807) is 6.92 Å². The number of hydrogen-bond donors (Lipinski definition) is 8. The Hall–Kier alpha value is -0.400. The second-order valence-corrected chi connectivity index (χ2v) is 5.51. The zero-order chi connectivity index (χ0) is 17.7. The number of rotatable bonds is 8. The van der Waals surface area contributed by atoms with Gasteiger partial charge < -0.3 is 50.3 Å². The number of ether oxygens (including phenoxy) is 2. The fourth-order valence-electron chi connectivity index (χ4n) is 2.30. The van der Waals surface area contributed by atoms with Crippen molar-refractivity contribution in [2.75, 3.05) is 13.2 Å². The van der Waals surface area contributed by atoms with Gasteiger partial charge in [0.1, 0.15) is 42.7 Å². The van der Waals surface area contributed by atoms with Gasteiger partial charge in [-0.3, -0.25) is 0 Å². The van der Waals surface area contributed by atoms with Gasteiger partial charge in [-0.25, -0.2) is 0 Å². The Morgan fingerprint density at radius 1 is 0.957 bits per heavy atom. The quantitative estimate of drug-likeness (QED) is 0.215. The third kappa shape index (κ3) is 4.79. The highest BCUT2D eigenvalue weighted by Gasteiger charge is 2.46. The molecule has 6 unspecified atom stereocenters. The normalized spacial score (nSPS) is 37.2. The average molecular weight is 342 g/mol. The van der Waals surface area contributed by atoms with Crippen molar-refractivity contribution >= 4 is 0 Å². The predicted molar refractivity (Wildman–Crippen MR) is 74.0 cm³/mol. The van der Waals surface area contributed by atoms with E-state index in [1.165, 1.54) is 0 Å². The molecule has 1 aliphatic rings. The van der Waals surface area contributed by atoms with E-state index < -0.39 is 68.3 Å². The van der Waals surface area contributed by atoms with Gasteiger partial charge in [0.15, 0.2) is 6.29 Å². The van der Waals surface area contributed by atoms with Crippen LogP contribution >= 0.6 is 0 Å². The van der Waals surface area contributed by atoms with E-state index in [1.807, 2.05) is 0 Å². The van der Waals surface area contributed by atoms with Crippen LogP contribution in [-0.2, 0) is 9.47 Å². The van der Waals surface area contributed by atoms with Crippen molar-refractivity contribution in [3.63, 3.8) is 0 Å².